The molecule has 2 unspecified atom stereocenters. The number of hydrogen-bond donors (Lipinski definition) is 1. The van der Waals surface area contributed by atoms with E-state index in [9.17, 15) is 0 Å². The van der Waals surface area contributed by atoms with Gasteiger partial charge in [0.05, 0.1) is 6.61 Å². The van der Waals surface area contributed by atoms with Crippen molar-refractivity contribution in [3.05, 3.63) is 34.9 Å². The number of aryl methyl sites for hydroxylation is 2. The second-order valence-electron chi connectivity index (χ2n) is 6.43. The molecular formula is C18H29NO. The van der Waals surface area contributed by atoms with Crippen molar-refractivity contribution in [2.45, 2.75) is 58.5 Å². The average Bonchev–Trinajstić information content (AvgIpc) is 2.46. The third kappa shape index (κ3) is 3.83. The molecule has 0 radical (unpaired) electrons. The predicted molar refractivity (Wildman–Crippen MR) is 85.1 cm³/mol. The summed E-state index contributed by atoms with van der Waals surface area (Å²) in [6.45, 7) is 7.52. The van der Waals surface area contributed by atoms with Crippen molar-refractivity contribution in [1.82, 2.24) is 5.32 Å². The largest absolute Gasteiger partial charge is 0.383 e. The first-order valence-electron chi connectivity index (χ1n) is 7.98. The van der Waals surface area contributed by atoms with E-state index in [0.717, 1.165) is 6.61 Å². The molecule has 2 nitrogen and oxygen atoms in total. The summed E-state index contributed by atoms with van der Waals surface area (Å²) in [5.41, 5.74) is 4.53. The first kappa shape index (κ1) is 15.5. The molecule has 0 fully saturated rings. The van der Waals surface area contributed by atoms with Crippen LogP contribution in [0.25, 0.3) is 0 Å². The highest BCUT2D eigenvalue weighted by Crippen LogP contribution is 2.25. The Morgan fingerprint density at radius 1 is 1.10 bits per heavy atom. The van der Waals surface area contributed by atoms with Gasteiger partial charge in [0.25, 0.3) is 0 Å². The van der Waals surface area contributed by atoms with Gasteiger partial charge >= 0.3 is 0 Å². The highest BCUT2D eigenvalue weighted by molar-refractivity contribution is 5.35. The maximum Gasteiger partial charge on any atom is 0.0618 e. The van der Waals surface area contributed by atoms with Crippen molar-refractivity contribution < 1.29 is 4.74 Å². The SMILES string of the molecule is COCC(NC(C)c1ccc2c(c1)CCCC2)C(C)C. The quantitative estimate of drug-likeness (QED) is 0.850. The van der Waals surface area contributed by atoms with Crippen LogP contribution < -0.4 is 5.32 Å². The molecule has 0 spiro atoms. The third-order valence-electron chi connectivity index (χ3n) is 4.49. The fourth-order valence-corrected chi connectivity index (χ4v) is 3.05. The fourth-order valence-electron chi connectivity index (χ4n) is 3.05. The highest BCUT2D eigenvalue weighted by atomic mass is 16.5. The Labute approximate surface area is 123 Å². The van der Waals surface area contributed by atoms with Gasteiger partial charge in [-0.3, -0.25) is 0 Å². The number of benzene rings is 1. The van der Waals surface area contributed by atoms with Crippen molar-refractivity contribution in [1.29, 1.82) is 0 Å². The number of hydrogen-bond acceptors (Lipinski definition) is 2. The topological polar surface area (TPSA) is 21.3 Å². The van der Waals surface area contributed by atoms with Gasteiger partial charge in [0.15, 0.2) is 0 Å². The number of ether oxygens (including phenoxy) is 1. The van der Waals surface area contributed by atoms with E-state index in [0.29, 0.717) is 18.0 Å². The van der Waals surface area contributed by atoms with Gasteiger partial charge in [-0.05, 0) is 55.2 Å². The van der Waals surface area contributed by atoms with Crippen LogP contribution in [0.3, 0.4) is 0 Å². The van der Waals surface area contributed by atoms with Gasteiger partial charge in [-0.25, -0.2) is 0 Å². The van der Waals surface area contributed by atoms with Crippen LogP contribution in [-0.4, -0.2) is 19.8 Å². The lowest BCUT2D eigenvalue weighted by Crippen LogP contribution is -2.39. The highest BCUT2D eigenvalue weighted by Gasteiger charge is 2.18. The second-order valence-corrected chi connectivity index (χ2v) is 6.43. The number of nitrogens with one attached hydrogen (secondary N) is 1. The molecule has 112 valence electrons. The summed E-state index contributed by atoms with van der Waals surface area (Å²) < 4.78 is 5.33. The van der Waals surface area contributed by atoms with E-state index < -0.39 is 0 Å². The summed E-state index contributed by atoms with van der Waals surface area (Å²) in [6.07, 6.45) is 5.21. The Balaban J connectivity index is 2.06. The lowest BCUT2D eigenvalue weighted by molar-refractivity contribution is 0.141. The summed E-state index contributed by atoms with van der Waals surface area (Å²) in [5.74, 6) is 0.579. The lowest BCUT2D eigenvalue weighted by Gasteiger charge is -2.27. The molecule has 2 atom stereocenters. The van der Waals surface area contributed by atoms with E-state index >= 15 is 0 Å². The van der Waals surface area contributed by atoms with E-state index in [2.05, 4.69) is 44.3 Å². The molecule has 0 aliphatic heterocycles. The van der Waals surface area contributed by atoms with E-state index in [1.807, 2.05) is 0 Å². The molecule has 1 N–H and O–H groups in total. The maximum atomic E-state index is 5.33. The van der Waals surface area contributed by atoms with E-state index in [1.54, 1.807) is 18.2 Å². The monoisotopic (exact) mass is 275 g/mol. The summed E-state index contributed by atoms with van der Waals surface area (Å²) in [7, 11) is 1.78. The van der Waals surface area contributed by atoms with Crippen LogP contribution in [0.1, 0.15) is 56.3 Å². The zero-order chi connectivity index (χ0) is 14.5. The molecule has 0 aromatic heterocycles. The maximum absolute atomic E-state index is 5.33. The average molecular weight is 275 g/mol. The molecule has 1 aliphatic rings. The van der Waals surface area contributed by atoms with Crippen molar-refractivity contribution in [3.8, 4) is 0 Å². The standard InChI is InChI=1S/C18H29NO/c1-13(2)18(12-20-4)19-14(3)16-10-9-15-7-5-6-8-17(15)11-16/h9-11,13-14,18-19H,5-8,12H2,1-4H3. The Kier molecular flexibility index (Phi) is 5.62. The van der Waals surface area contributed by atoms with Crippen LogP contribution in [0, 0.1) is 5.92 Å². The minimum absolute atomic E-state index is 0.379. The first-order chi connectivity index (χ1) is 9.61. The van der Waals surface area contributed by atoms with E-state index in [-0.39, 0.29) is 0 Å². The summed E-state index contributed by atoms with van der Waals surface area (Å²) in [6, 6.07) is 7.83. The lowest BCUT2D eigenvalue weighted by atomic mass is 9.89. The van der Waals surface area contributed by atoms with Gasteiger partial charge in [-0.15, -0.1) is 0 Å². The van der Waals surface area contributed by atoms with Crippen molar-refractivity contribution in [2.75, 3.05) is 13.7 Å². The Hall–Kier alpha value is -0.860. The zero-order valence-electron chi connectivity index (χ0n) is 13.4. The van der Waals surface area contributed by atoms with E-state index in [1.165, 1.54) is 31.2 Å². The molecule has 1 aromatic rings. The minimum Gasteiger partial charge on any atom is -0.383 e. The molecule has 20 heavy (non-hydrogen) atoms. The summed E-state index contributed by atoms with van der Waals surface area (Å²) in [4.78, 5) is 0. The molecule has 0 saturated carbocycles. The van der Waals surface area contributed by atoms with Crippen molar-refractivity contribution in [2.24, 2.45) is 5.92 Å². The molecule has 0 saturated heterocycles. The van der Waals surface area contributed by atoms with Crippen LogP contribution in [0.5, 0.6) is 0 Å². The normalized spacial score (nSPS) is 17.9. The van der Waals surface area contributed by atoms with Crippen LogP contribution in [0.2, 0.25) is 0 Å². The van der Waals surface area contributed by atoms with Gasteiger partial charge in [0.2, 0.25) is 0 Å². The second kappa shape index (κ2) is 7.24. The van der Waals surface area contributed by atoms with Gasteiger partial charge in [-0.1, -0.05) is 32.0 Å². The molecule has 2 heteroatoms. The fraction of sp³-hybridized carbons (Fsp3) is 0.667. The Morgan fingerprint density at radius 3 is 2.45 bits per heavy atom. The molecule has 0 amide bonds. The van der Waals surface area contributed by atoms with Crippen LogP contribution >= 0.6 is 0 Å². The molecule has 0 bridgehead atoms. The number of fused-ring (bicyclic) bond motifs is 1. The predicted octanol–water partition coefficient (Wildman–Crippen LogP) is 3.89. The molecule has 1 aromatic carbocycles. The zero-order valence-corrected chi connectivity index (χ0v) is 13.4. The number of methoxy groups -OCH3 is 1. The third-order valence-corrected chi connectivity index (χ3v) is 4.49. The van der Waals surface area contributed by atoms with Crippen LogP contribution in [0.15, 0.2) is 18.2 Å². The van der Waals surface area contributed by atoms with E-state index in [4.69, 9.17) is 4.74 Å². The minimum atomic E-state index is 0.379. The first-order valence-corrected chi connectivity index (χ1v) is 7.98. The van der Waals surface area contributed by atoms with Gasteiger partial charge in [-0.2, -0.15) is 0 Å². The summed E-state index contributed by atoms with van der Waals surface area (Å²) >= 11 is 0. The van der Waals surface area contributed by atoms with Crippen LogP contribution in [0.4, 0.5) is 0 Å². The Bertz CT molecular complexity index is 427. The Morgan fingerprint density at radius 2 is 1.80 bits per heavy atom. The smallest absolute Gasteiger partial charge is 0.0618 e. The van der Waals surface area contributed by atoms with Gasteiger partial charge in [0, 0.05) is 19.2 Å². The number of rotatable bonds is 6. The van der Waals surface area contributed by atoms with Crippen LogP contribution in [-0.2, 0) is 17.6 Å². The molecule has 0 heterocycles. The van der Waals surface area contributed by atoms with Crippen molar-refractivity contribution in [3.63, 3.8) is 0 Å². The summed E-state index contributed by atoms with van der Waals surface area (Å²) in [5, 5.41) is 3.72. The molecule has 1 aliphatic carbocycles. The molecule has 2 rings (SSSR count). The van der Waals surface area contributed by atoms with Gasteiger partial charge in [0.1, 0.15) is 0 Å². The van der Waals surface area contributed by atoms with Gasteiger partial charge < -0.3 is 10.1 Å². The molecular weight excluding hydrogens is 246 g/mol. The van der Waals surface area contributed by atoms with Crippen molar-refractivity contribution >= 4 is 0 Å².